The quantitative estimate of drug-likeness (QED) is 0.748. The first-order valence-corrected chi connectivity index (χ1v) is 8.64. The number of aryl methyl sites for hydroxylation is 2. The molecule has 0 aliphatic rings. The summed E-state index contributed by atoms with van der Waals surface area (Å²) < 4.78 is 6.91. The maximum atomic E-state index is 11.6. The molecule has 1 N–H and O–H groups in total. The van der Waals surface area contributed by atoms with E-state index in [-0.39, 0.29) is 5.91 Å². The third-order valence-electron chi connectivity index (χ3n) is 3.77. The third-order valence-corrected chi connectivity index (χ3v) is 4.39. The summed E-state index contributed by atoms with van der Waals surface area (Å²) in [5.74, 6) is 0.818. The average Bonchev–Trinajstić information content (AvgIpc) is 2.56. The number of carbonyl (C=O) groups is 1. The van der Waals surface area contributed by atoms with E-state index in [1.807, 2.05) is 31.2 Å². The van der Waals surface area contributed by atoms with Crippen LogP contribution >= 0.6 is 15.9 Å². The van der Waals surface area contributed by atoms with Gasteiger partial charge >= 0.3 is 0 Å². The van der Waals surface area contributed by atoms with E-state index in [1.54, 1.807) is 0 Å². The molecule has 0 aliphatic heterocycles. The fourth-order valence-corrected chi connectivity index (χ4v) is 2.86. The molecule has 23 heavy (non-hydrogen) atoms. The number of nitrogens with one attached hydrogen (secondary N) is 1. The van der Waals surface area contributed by atoms with Gasteiger partial charge in [-0.05, 0) is 58.6 Å². The number of halogens is 1. The predicted molar refractivity (Wildman–Crippen MR) is 98.0 cm³/mol. The Morgan fingerprint density at radius 1 is 1.17 bits per heavy atom. The van der Waals surface area contributed by atoms with Crippen LogP contribution in [0, 0.1) is 6.92 Å². The van der Waals surface area contributed by atoms with Crippen LogP contribution in [0.1, 0.15) is 37.0 Å². The van der Waals surface area contributed by atoms with Gasteiger partial charge in [-0.2, -0.15) is 0 Å². The number of ether oxygens (including phenoxy) is 1. The monoisotopic (exact) mass is 375 g/mol. The van der Waals surface area contributed by atoms with E-state index in [0.29, 0.717) is 13.0 Å². The second-order valence-electron chi connectivity index (χ2n) is 5.41. The zero-order valence-electron chi connectivity index (χ0n) is 13.8. The highest BCUT2D eigenvalue weighted by Crippen LogP contribution is 2.30. The molecule has 3 nitrogen and oxygen atoms in total. The zero-order chi connectivity index (χ0) is 16.8. The van der Waals surface area contributed by atoms with Crippen molar-refractivity contribution in [2.45, 2.75) is 40.2 Å². The molecule has 0 saturated carbocycles. The van der Waals surface area contributed by atoms with Crippen molar-refractivity contribution in [1.82, 2.24) is 0 Å². The minimum Gasteiger partial charge on any atom is -0.488 e. The Hall–Kier alpha value is -1.81. The van der Waals surface area contributed by atoms with Crippen molar-refractivity contribution in [3.63, 3.8) is 0 Å². The molecule has 0 unspecified atom stereocenters. The van der Waals surface area contributed by atoms with Crippen molar-refractivity contribution in [2.75, 3.05) is 5.32 Å². The van der Waals surface area contributed by atoms with Gasteiger partial charge in [-0.1, -0.05) is 32.0 Å². The first-order chi connectivity index (χ1) is 11.0. The van der Waals surface area contributed by atoms with Gasteiger partial charge in [0.25, 0.3) is 0 Å². The molecule has 2 rings (SSSR count). The molecular formula is C19H22BrNO2. The number of hydrogen-bond acceptors (Lipinski definition) is 2. The molecule has 2 aromatic carbocycles. The molecule has 0 atom stereocenters. The molecule has 0 bridgehead atoms. The van der Waals surface area contributed by atoms with Crippen LogP contribution < -0.4 is 10.1 Å². The largest absolute Gasteiger partial charge is 0.488 e. The number of amides is 1. The van der Waals surface area contributed by atoms with Gasteiger partial charge in [0.05, 0.1) is 4.47 Å². The molecule has 1 amide bonds. The highest BCUT2D eigenvalue weighted by molar-refractivity contribution is 9.10. The lowest BCUT2D eigenvalue weighted by Crippen LogP contribution is -2.12. The van der Waals surface area contributed by atoms with Crippen molar-refractivity contribution in [2.24, 2.45) is 0 Å². The molecule has 0 saturated heterocycles. The van der Waals surface area contributed by atoms with Crippen molar-refractivity contribution >= 4 is 27.5 Å². The number of rotatable bonds is 6. The Balaban J connectivity index is 2.15. The Morgan fingerprint density at radius 3 is 2.61 bits per heavy atom. The number of para-hydroxylation sites is 1. The van der Waals surface area contributed by atoms with E-state index in [4.69, 9.17) is 4.74 Å². The van der Waals surface area contributed by atoms with E-state index in [9.17, 15) is 4.79 Å². The summed E-state index contributed by atoms with van der Waals surface area (Å²) in [4.78, 5) is 11.6. The van der Waals surface area contributed by atoms with Crippen LogP contribution in [0.5, 0.6) is 5.75 Å². The summed E-state index contributed by atoms with van der Waals surface area (Å²) in [5.41, 5.74) is 4.29. The summed E-state index contributed by atoms with van der Waals surface area (Å²) in [6.45, 7) is 6.48. The lowest BCUT2D eigenvalue weighted by atomic mass is 10.1. The van der Waals surface area contributed by atoms with Crippen molar-refractivity contribution in [3.05, 3.63) is 57.6 Å². The molecule has 2 aromatic rings. The smallest absolute Gasteiger partial charge is 0.224 e. The van der Waals surface area contributed by atoms with Crippen molar-refractivity contribution in [3.8, 4) is 5.75 Å². The first-order valence-electron chi connectivity index (χ1n) is 7.84. The maximum Gasteiger partial charge on any atom is 0.224 e. The van der Waals surface area contributed by atoms with Gasteiger partial charge in [0.15, 0.2) is 0 Å². The lowest BCUT2D eigenvalue weighted by molar-refractivity contribution is -0.115. The zero-order valence-corrected chi connectivity index (χ0v) is 15.4. The normalized spacial score (nSPS) is 10.4. The van der Waals surface area contributed by atoms with Gasteiger partial charge in [-0.3, -0.25) is 4.79 Å². The Morgan fingerprint density at radius 2 is 1.91 bits per heavy atom. The van der Waals surface area contributed by atoms with Gasteiger partial charge in [0, 0.05) is 17.7 Å². The molecular weight excluding hydrogens is 354 g/mol. The number of benzene rings is 2. The molecule has 0 spiro atoms. The summed E-state index contributed by atoms with van der Waals surface area (Å²) in [7, 11) is 0. The van der Waals surface area contributed by atoms with Crippen LogP contribution in [0.4, 0.5) is 5.69 Å². The Labute approximate surface area is 146 Å². The molecule has 0 heterocycles. The summed E-state index contributed by atoms with van der Waals surface area (Å²) in [6.07, 6.45) is 1.45. The third kappa shape index (κ3) is 4.58. The van der Waals surface area contributed by atoms with E-state index in [2.05, 4.69) is 47.2 Å². The number of carbonyl (C=O) groups excluding carboxylic acids is 1. The molecule has 0 aliphatic carbocycles. The Bertz CT molecular complexity index is 698. The van der Waals surface area contributed by atoms with E-state index < -0.39 is 0 Å². The van der Waals surface area contributed by atoms with Crippen LogP contribution in [-0.4, -0.2) is 5.91 Å². The van der Waals surface area contributed by atoms with Gasteiger partial charge in [0.2, 0.25) is 5.91 Å². The maximum absolute atomic E-state index is 11.6. The molecule has 4 heteroatoms. The van der Waals surface area contributed by atoms with Crippen LogP contribution in [0.15, 0.2) is 40.9 Å². The molecule has 0 fully saturated rings. The minimum absolute atomic E-state index is 0.00164. The van der Waals surface area contributed by atoms with Crippen LogP contribution in [0.25, 0.3) is 0 Å². The molecule has 0 radical (unpaired) electrons. The fourth-order valence-electron chi connectivity index (χ4n) is 2.35. The topological polar surface area (TPSA) is 38.3 Å². The van der Waals surface area contributed by atoms with Crippen molar-refractivity contribution in [1.29, 1.82) is 0 Å². The van der Waals surface area contributed by atoms with Crippen LogP contribution in [-0.2, 0) is 17.8 Å². The van der Waals surface area contributed by atoms with Gasteiger partial charge in [-0.25, -0.2) is 0 Å². The predicted octanol–water partition coefficient (Wildman–Crippen LogP) is 5.25. The molecule has 0 aromatic heterocycles. The number of hydrogen-bond donors (Lipinski definition) is 1. The Kier molecular flexibility index (Phi) is 6.22. The summed E-state index contributed by atoms with van der Waals surface area (Å²) in [6, 6.07) is 11.9. The highest BCUT2D eigenvalue weighted by Gasteiger charge is 2.09. The fraction of sp³-hybridized carbons (Fsp3) is 0.316. The highest BCUT2D eigenvalue weighted by atomic mass is 79.9. The second-order valence-corrected chi connectivity index (χ2v) is 6.26. The van der Waals surface area contributed by atoms with Crippen molar-refractivity contribution < 1.29 is 9.53 Å². The SMILES string of the molecule is CCC(=O)Nc1ccccc1COc1cc(C)c(CC)cc1Br. The second kappa shape index (κ2) is 8.16. The molecule has 122 valence electrons. The van der Waals surface area contributed by atoms with E-state index >= 15 is 0 Å². The van der Waals surface area contributed by atoms with Crippen LogP contribution in [0.3, 0.4) is 0 Å². The summed E-state index contributed by atoms with van der Waals surface area (Å²) >= 11 is 3.57. The minimum atomic E-state index is 0.00164. The van der Waals surface area contributed by atoms with E-state index in [1.165, 1.54) is 11.1 Å². The summed E-state index contributed by atoms with van der Waals surface area (Å²) in [5, 5.41) is 2.91. The number of anilines is 1. The average molecular weight is 376 g/mol. The van der Waals surface area contributed by atoms with Gasteiger partial charge < -0.3 is 10.1 Å². The van der Waals surface area contributed by atoms with Crippen LogP contribution in [0.2, 0.25) is 0 Å². The standard InChI is InChI=1S/C19H22BrNO2/c1-4-14-11-16(20)18(10-13(14)3)23-12-15-8-6-7-9-17(15)21-19(22)5-2/h6-11H,4-5,12H2,1-3H3,(H,21,22). The van der Waals surface area contributed by atoms with Gasteiger partial charge in [-0.15, -0.1) is 0 Å². The first kappa shape index (κ1) is 17.5. The lowest BCUT2D eigenvalue weighted by Gasteiger charge is -2.14. The van der Waals surface area contributed by atoms with E-state index in [0.717, 1.165) is 27.9 Å². The van der Waals surface area contributed by atoms with Gasteiger partial charge in [0.1, 0.15) is 12.4 Å².